The van der Waals surface area contributed by atoms with Crippen LogP contribution in [0.25, 0.3) is 0 Å². The number of nitrogens with one attached hydrogen (secondary N) is 1. The number of hydrogen-bond donors (Lipinski definition) is 3. The normalized spacial score (nSPS) is 16.2. The van der Waals surface area contributed by atoms with Gasteiger partial charge in [0, 0.05) is 6.42 Å². The van der Waals surface area contributed by atoms with Crippen LogP contribution in [0.5, 0.6) is 0 Å². The van der Waals surface area contributed by atoms with Crippen molar-refractivity contribution in [3.05, 3.63) is 24.0 Å². The maximum Gasteiger partial charge on any atom is 0.309 e. The van der Waals surface area contributed by atoms with Gasteiger partial charge in [-0.25, -0.2) is 0 Å². The SMILES string of the molecule is NCC1(CC(=O)Nc2ccc(CC(=O)O)nc2)CCC1. The minimum Gasteiger partial charge on any atom is -0.481 e. The molecular weight excluding hydrogens is 258 g/mol. The highest BCUT2D eigenvalue weighted by Crippen LogP contribution is 2.42. The van der Waals surface area contributed by atoms with E-state index in [-0.39, 0.29) is 17.7 Å². The molecule has 0 saturated heterocycles. The van der Waals surface area contributed by atoms with Gasteiger partial charge in [0.25, 0.3) is 0 Å². The van der Waals surface area contributed by atoms with Gasteiger partial charge in [0.05, 0.1) is 24.0 Å². The minimum absolute atomic E-state index is 0.0270. The molecule has 0 unspecified atom stereocenters. The lowest BCUT2D eigenvalue weighted by atomic mass is 9.66. The third-order valence-electron chi connectivity index (χ3n) is 3.82. The van der Waals surface area contributed by atoms with Crippen LogP contribution in [0.3, 0.4) is 0 Å². The second-order valence-electron chi connectivity index (χ2n) is 5.39. The zero-order valence-corrected chi connectivity index (χ0v) is 11.3. The summed E-state index contributed by atoms with van der Waals surface area (Å²) in [5.74, 6) is -0.993. The van der Waals surface area contributed by atoms with Crippen molar-refractivity contribution in [1.29, 1.82) is 0 Å². The van der Waals surface area contributed by atoms with Crippen LogP contribution >= 0.6 is 0 Å². The van der Waals surface area contributed by atoms with E-state index in [4.69, 9.17) is 10.8 Å². The van der Waals surface area contributed by atoms with Gasteiger partial charge in [0.2, 0.25) is 5.91 Å². The molecule has 4 N–H and O–H groups in total. The molecule has 0 aliphatic heterocycles. The molecule has 0 atom stereocenters. The molecule has 6 nitrogen and oxygen atoms in total. The van der Waals surface area contributed by atoms with Crippen molar-refractivity contribution < 1.29 is 14.7 Å². The number of aliphatic carboxylic acids is 1. The monoisotopic (exact) mass is 277 g/mol. The maximum absolute atomic E-state index is 12.0. The lowest BCUT2D eigenvalue weighted by Crippen LogP contribution is -2.40. The zero-order valence-electron chi connectivity index (χ0n) is 11.3. The van der Waals surface area contributed by atoms with Crippen molar-refractivity contribution in [3.8, 4) is 0 Å². The predicted molar refractivity (Wildman–Crippen MR) is 74.2 cm³/mol. The lowest BCUT2D eigenvalue weighted by Gasteiger charge is -2.40. The Bertz CT molecular complexity index is 489. The van der Waals surface area contributed by atoms with E-state index in [1.165, 1.54) is 6.20 Å². The predicted octanol–water partition coefficient (Wildman–Crippen LogP) is 1.17. The highest BCUT2D eigenvalue weighted by Gasteiger charge is 2.37. The average molecular weight is 277 g/mol. The number of anilines is 1. The number of amides is 1. The summed E-state index contributed by atoms with van der Waals surface area (Å²) in [6.45, 7) is 0.538. The molecule has 0 bridgehead atoms. The van der Waals surface area contributed by atoms with E-state index < -0.39 is 5.97 Å². The van der Waals surface area contributed by atoms with Crippen molar-refractivity contribution in [2.24, 2.45) is 11.1 Å². The average Bonchev–Trinajstić information content (AvgIpc) is 2.36. The summed E-state index contributed by atoms with van der Waals surface area (Å²) < 4.78 is 0. The number of carboxylic acids is 1. The molecule has 1 aromatic rings. The number of carboxylic acid groups (broad SMARTS) is 1. The molecule has 1 aromatic heterocycles. The summed E-state index contributed by atoms with van der Waals surface area (Å²) in [5.41, 5.74) is 6.75. The van der Waals surface area contributed by atoms with E-state index in [1.807, 2.05) is 0 Å². The van der Waals surface area contributed by atoms with Crippen LogP contribution in [0.1, 0.15) is 31.4 Å². The van der Waals surface area contributed by atoms with Crippen molar-refractivity contribution in [3.63, 3.8) is 0 Å². The second-order valence-corrected chi connectivity index (χ2v) is 5.39. The fourth-order valence-corrected chi connectivity index (χ4v) is 2.43. The molecule has 0 spiro atoms. The molecule has 1 heterocycles. The van der Waals surface area contributed by atoms with E-state index in [9.17, 15) is 9.59 Å². The molecular formula is C14H19N3O3. The molecule has 20 heavy (non-hydrogen) atoms. The minimum atomic E-state index is -0.927. The molecule has 1 aliphatic rings. The molecule has 1 amide bonds. The van der Waals surface area contributed by atoms with Crippen molar-refractivity contribution >= 4 is 17.6 Å². The van der Waals surface area contributed by atoms with Gasteiger partial charge in [-0.3, -0.25) is 14.6 Å². The van der Waals surface area contributed by atoms with E-state index in [2.05, 4.69) is 10.3 Å². The Labute approximate surface area is 117 Å². The first-order valence-electron chi connectivity index (χ1n) is 6.70. The summed E-state index contributed by atoms with van der Waals surface area (Å²) in [6.07, 6.45) is 4.94. The Morgan fingerprint density at radius 1 is 1.40 bits per heavy atom. The van der Waals surface area contributed by atoms with Crippen molar-refractivity contribution in [2.75, 3.05) is 11.9 Å². The van der Waals surface area contributed by atoms with Crippen LogP contribution in [0.15, 0.2) is 18.3 Å². The molecule has 6 heteroatoms. The van der Waals surface area contributed by atoms with E-state index in [0.29, 0.717) is 24.3 Å². The Balaban J connectivity index is 1.89. The fourth-order valence-electron chi connectivity index (χ4n) is 2.43. The van der Waals surface area contributed by atoms with E-state index in [0.717, 1.165) is 19.3 Å². The summed E-state index contributed by atoms with van der Waals surface area (Å²) in [7, 11) is 0. The Morgan fingerprint density at radius 3 is 2.60 bits per heavy atom. The van der Waals surface area contributed by atoms with Gasteiger partial charge < -0.3 is 16.2 Å². The van der Waals surface area contributed by atoms with Gasteiger partial charge in [0.1, 0.15) is 0 Å². The Hall–Kier alpha value is -1.95. The maximum atomic E-state index is 12.0. The van der Waals surface area contributed by atoms with Crippen molar-refractivity contribution in [2.45, 2.75) is 32.1 Å². The standard InChI is InChI=1S/C14H19N3O3/c15-9-14(4-1-5-14)7-12(18)17-11-3-2-10(16-8-11)6-13(19)20/h2-3,8H,1,4-7,9,15H2,(H,17,18)(H,19,20). The smallest absolute Gasteiger partial charge is 0.309 e. The lowest BCUT2D eigenvalue weighted by molar-refractivity contribution is -0.136. The number of nitrogens with zero attached hydrogens (tertiary/aromatic N) is 1. The number of carbonyl (C=O) groups is 2. The largest absolute Gasteiger partial charge is 0.481 e. The Kier molecular flexibility index (Phi) is 4.34. The zero-order chi connectivity index (χ0) is 14.6. The number of pyridine rings is 1. The van der Waals surface area contributed by atoms with Gasteiger partial charge in [0.15, 0.2) is 0 Å². The summed E-state index contributed by atoms with van der Waals surface area (Å²) in [5, 5.41) is 11.4. The number of rotatable bonds is 6. The van der Waals surface area contributed by atoms with E-state index >= 15 is 0 Å². The molecule has 108 valence electrons. The molecule has 2 rings (SSSR count). The number of nitrogens with two attached hydrogens (primary N) is 1. The van der Waals surface area contributed by atoms with Crippen LogP contribution in [0.4, 0.5) is 5.69 Å². The van der Waals surface area contributed by atoms with Crippen LogP contribution < -0.4 is 11.1 Å². The first-order valence-corrected chi connectivity index (χ1v) is 6.70. The highest BCUT2D eigenvalue weighted by atomic mass is 16.4. The first-order chi connectivity index (χ1) is 9.53. The fraction of sp³-hybridized carbons (Fsp3) is 0.500. The van der Waals surface area contributed by atoms with Crippen LogP contribution in [0.2, 0.25) is 0 Å². The van der Waals surface area contributed by atoms with Crippen LogP contribution in [-0.4, -0.2) is 28.5 Å². The Morgan fingerprint density at radius 2 is 2.15 bits per heavy atom. The second kappa shape index (κ2) is 6.00. The highest BCUT2D eigenvalue weighted by molar-refractivity contribution is 5.91. The quantitative estimate of drug-likeness (QED) is 0.723. The van der Waals surface area contributed by atoms with Gasteiger partial charge >= 0.3 is 5.97 Å². The summed E-state index contributed by atoms with van der Waals surface area (Å²) >= 11 is 0. The van der Waals surface area contributed by atoms with Gasteiger partial charge in [-0.15, -0.1) is 0 Å². The van der Waals surface area contributed by atoms with Crippen LogP contribution in [0, 0.1) is 5.41 Å². The molecule has 0 radical (unpaired) electrons. The van der Waals surface area contributed by atoms with Gasteiger partial charge in [-0.05, 0) is 36.9 Å². The number of hydrogen-bond acceptors (Lipinski definition) is 4. The first kappa shape index (κ1) is 14.5. The molecule has 1 aliphatic carbocycles. The van der Waals surface area contributed by atoms with Gasteiger partial charge in [-0.2, -0.15) is 0 Å². The topological polar surface area (TPSA) is 105 Å². The van der Waals surface area contributed by atoms with Crippen molar-refractivity contribution in [1.82, 2.24) is 4.98 Å². The summed E-state index contributed by atoms with van der Waals surface area (Å²) in [4.78, 5) is 26.5. The summed E-state index contributed by atoms with van der Waals surface area (Å²) in [6, 6.07) is 3.27. The molecule has 1 saturated carbocycles. The third-order valence-corrected chi connectivity index (χ3v) is 3.82. The molecule has 1 fully saturated rings. The van der Waals surface area contributed by atoms with E-state index in [1.54, 1.807) is 12.1 Å². The van der Waals surface area contributed by atoms with Gasteiger partial charge in [-0.1, -0.05) is 6.42 Å². The van der Waals surface area contributed by atoms with Crippen LogP contribution in [-0.2, 0) is 16.0 Å². The number of aromatic nitrogens is 1. The molecule has 0 aromatic carbocycles. The number of carbonyl (C=O) groups excluding carboxylic acids is 1. The third kappa shape index (κ3) is 3.54.